The maximum atomic E-state index is 12.5. The standard InChI is InChI=1S/C18H26N2O4/c1-13-16(5-8-24-13)18(22)19-6-3-14(4-7-19)10-20-11-15(12-23-2)9-17(20)21/h5,8,14-15H,3-4,6-7,9-12H2,1-2H3. The van der Waals surface area contributed by atoms with E-state index in [1.165, 1.54) is 0 Å². The third-order valence-electron chi connectivity index (χ3n) is 5.17. The van der Waals surface area contributed by atoms with Gasteiger partial charge in [0.2, 0.25) is 5.91 Å². The number of amides is 2. The minimum absolute atomic E-state index is 0.0529. The Morgan fingerprint density at radius 2 is 2.08 bits per heavy atom. The summed E-state index contributed by atoms with van der Waals surface area (Å²) in [5.74, 6) is 1.77. The fourth-order valence-corrected chi connectivity index (χ4v) is 3.79. The van der Waals surface area contributed by atoms with E-state index in [-0.39, 0.29) is 11.8 Å². The molecule has 0 aliphatic carbocycles. The molecule has 1 unspecified atom stereocenters. The molecule has 0 N–H and O–H groups in total. The van der Waals surface area contributed by atoms with Gasteiger partial charge in [-0.25, -0.2) is 0 Å². The average molecular weight is 334 g/mol. The number of methoxy groups -OCH3 is 1. The number of hydrogen-bond acceptors (Lipinski definition) is 4. The largest absolute Gasteiger partial charge is 0.469 e. The second-order valence-corrected chi connectivity index (χ2v) is 6.95. The summed E-state index contributed by atoms with van der Waals surface area (Å²) in [4.78, 5) is 28.5. The van der Waals surface area contributed by atoms with Crippen LogP contribution in [0, 0.1) is 18.8 Å². The second-order valence-electron chi connectivity index (χ2n) is 6.95. The van der Waals surface area contributed by atoms with Crippen molar-refractivity contribution in [2.75, 3.05) is 39.9 Å². The van der Waals surface area contributed by atoms with Crippen molar-refractivity contribution in [3.63, 3.8) is 0 Å². The number of nitrogens with zero attached hydrogens (tertiary/aromatic N) is 2. The number of carbonyl (C=O) groups excluding carboxylic acids is 2. The highest BCUT2D eigenvalue weighted by atomic mass is 16.5. The van der Waals surface area contributed by atoms with Crippen LogP contribution in [-0.2, 0) is 9.53 Å². The van der Waals surface area contributed by atoms with E-state index in [1.807, 2.05) is 16.7 Å². The van der Waals surface area contributed by atoms with E-state index >= 15 is 0 Å². The number of carbonyl (C=O) groups is 2. The summed E-state index contributed by atoms with van der Waals surface area (Å²) in [6.07, 6.45) is 4.05. The molecule has 3 heterocycles. The lowest BCUT2D eigenvalue weighted by Crippen LogP contribution is -2.42. The van der Waals surface area contributed by atoms with E-state index in [0.29, 0.717) is 36.2 Å². The van der Waals surface area contributed by atoms with Crippen LogP contribution in [0.2, 0.25) is 0 Å². The van der Waals surface area contributed by atoms with Crippen LogP contribution >= 0.6 is 0 Å². The van der Waals surface area contributed by atoms with Gasteiger partial charge < -0.3 is 19.0 Å². The van der Waals surface area contributed by atoms with E-state index in [4.69, 9.17) is 9.15 Å². The monoisotopic (exact) mass is 334 g/mol. The van der Waals surface area contributed by atoms with Gasteiger partial charge in [-0.1, -0.05) is 0 Å². The Kier molecular flexibility index (Phi) is 5.23. The molecule has 0 saturated carbocycles. The van der Waals surface area contributed by atoms with Crippen LogP contribution in [0.15, 0.2) is 16.7 Å². The van der Waals surface area contributed by atoms with Crippen LogP contribution < -0.4 is 0 Å². The third-order valence-corrected chi connectivity index (χ3v) is 5.17. The lowest BCUT2D eigenvalue weighted by Gasteiger charge is -2.34. The van der Waals surface area contributed by atoms with Crippen molar-refractivity contribution >= 4 is 11.8 Å². The average Bonchev–Trinajstić information content (AvgIpc) is 3.14. The predicted molar refractivity (Wildman–Crippen MR) is 88.6 cm³/mol. The van der Waals surface area contributed by atoms with Crippen molar-refractivity contribution in [2.45, 2.75) is 26.2 Å². The van der Waals surface area contributed by atoms with Gasteiger partial charge in [-0.05, 0) is 31.7 Å². The Balaban J connectivity index is 1.48. The Labute approximate surface area is 142 Å². The van der Waals surface area contributed by atoms with E-state index in [0.717, 1.165) is 39.0 Å². The highest BCUT2D eigenvalue weighted by molar-refractivity contribution is 5.95. The van der Waals surface area contributed by atoms with Gasteiger partial charge >= 0.3 is 0 Å². The minimum Gasteiger partial charge on any atom is -0.469 e. The van der Waals surface area contributed by atoms with Crippen molar-refractivity contribution in [3.8, 4) is 0 Å². The molecule has 2 saturated heterocycles. The molecule has 2 aliphatic heterocycles. The van der Waals surface area contributed by atoms with Gasteiger partial charge in [0.25, 0.3) is 5.91 Å². The summed E-state index contributed by atoms with van der Waals surface area (Å²) >= 11 is 0. The van der Waals surface area contributed by atoms with E-state index in [1.54, 1.807) is 19.4 Å². The molecule has 2 amide bonds. The summed E-state index contributed by atoms with van der Waals surface area (Å²) in [6, 6.07) is 1.74. The van der Waals surface area contributed by atoms with Gasteiger partial charge in [0.15, 0.2) is 0 Å². The van der Waals surface area contributed by atoms with E-state index < -0.39 is 0 Å². The summed E-state index contributed by atoms with van der Waals surface area (Å²) in [6.45, 7) is 5.58. The molecule has 1 atom stereocenters. The zero-order valence-electron chi connectivity index (χ0n) is 14.5. The molecule has 132 valence electrons. The Morgan fingerprint density at radius 3 is 2.71 bits per heavy atom. The lowest BCUT2D eigenvalue weighted by molar-refractivity contribution is -0.128. The molecule has 0 radical (unpaired) electrons. The topological polar surface area (TPSA) is 63.0 Å². The number of ether oxygens (including phenoxy) is 1. The van der Waals surface area contributed by atoms with Crippen LogP contribution in [0.4, 0.5) is 0 Å². The molecule has 1 aromatic heterocycles. The van der Waals surface area contributed by atoms with Gasteiger partial charge in [-0.15, -0.1) is 0 Å². The van der Waals surface area contributed by atoms with Crippen molar-refractivity contribution in [1.29, 1.82) is 0 Å². The Morgan fingerprint density at radius 1 is 1.33 bits per heavy atom. The minimum atomic E-state index is 0.0529. The first-order valence-electron chi connectivity index (χ1n) is 8.68. The second kappa shape index (κ2) is 7.38. The summed E-state index contributed by atoms with van der Waals surface area (Å²) in [7, 11) is 1.68. The number of hydrogen-bond donors (Lipinski definition) is 0. The molecule has 0 bridgehead atoms. The number of furan rings is 1. The van der Waals surface area contributed by atoms with E-state index in [2.05, 4.69) is 0 Å². The highest BCUT2D eigenvalue weighted by Gasteiger charge is 2.32. The van der Waals surface area contributed by atoms with Crippen LogP contribution in [0.5, 0.6) is 0 Å². The first kappa shape index (κ1) is 17.0. The predicted octanol–water partition coefficient (Wildman–Crippen LogP) is 1.94. The SMILES string of the molecule is COCC1CC(=O)N(CC2CCN(C(=O)c3ccoc3C)CC2)C1. The maximum Gasteiger partial charge on any atom is 0.257 e. The van der Waals surface area contributed by atoms with Gasteiger partial charge in [-0.2, -0.15) is 0 Å². The fourth-order valence-electron chi connectivity index (χ4n) is 3.79. The Bertz CT molecular complexity index is 590. The molecule has 24 heavy (non-hydrogen) atoms. The molecule has 1 aromatic rings. The van der Waals surface area contributed by atoms with Crippen molar-refractivity contribution in [3.05, 3.63) is 23.7 Å². The van der Waals surface area contributed by atoms with E-state index in [9.17, 15) is 9.59 Å². The smallest absolute Gasteiger partial charge is 0.257 e. The van der Waals surface area contributed by atoms with Crippen LogP contribution in [0.1, 0.15) is 35.4 Å². The highest BCUT2D eigenvalue weighted by Crippen LogP contribution is 2.25. The molecule has 3 rings (SSSR count). The van der Waals surface area contributed by atoms with Gasteiger partial charge in [-0.3, -0.25) is 9.59 Å². The Hall–Kier alpha value is -1.82. The zero-order chi connectivity index (χ0) is 17.1. The lowest BCUT2D eigenvalue weighted by atomic mass is 9.95. The van der Waals surface area contributed by atoms with Gasteiger partial charge in [0, 0.05) is 45.6 Å². The quantitative estimate of drug-likeness (QED) is 0.825. The number of piperidine rings is 1. The van der Waals surface area contributed by atoms with Crippen LogP contribution in [0.3, 0.4) is 0 Å². The molecule has 2 fully saturated rings. The van der Waals surface area contributed by atoms with Gasteiger partial charge in [0.05, 0.1) is 18.4 Å². The molecule has 0 aromatic carbocycles. The summed E-state index contributed by atoms with van der Waals surface area (Å²) < 4.78 is 10.4. The molecular formula is C18H26N2O4. The number of likely N-dealkylation sites (tertiary alicyclic amines) is 2. The van der Waals surface area contributed by atoms with Gasteiger partial charge in [0.1, 0.15) is 5.76 Å². The van der Waals surface area contributed by atoms with Crippen molar-refractivity contribution in [1.82, 2.24) is 9.80 Å². The molecule has 6 heteroatoms. The third kappa shape index (κ3) is 3.64. The number of rotatable bonds is 5. The number of aryl methyl sites for hydroxylation is 1. The summed E-state index contributed by atoms with van der Waals surface area (Å²) in [5, 5.41) is 0. The molecule has 6 nitrogen and oxygen atoms in total. The van der Waals surface area contributed by atoms with Crippen molar-refractivity contribution < 1.29 is 18.7 Å². The zero-order valence-corrected chi connectivity index (χ0v) is 14.5. The molecular weight excluding hydrogens is 308 g/mol. The normalized spacial score (nSPS) is 22.4. The summed E-state index contributed by atoms with van der Waals surface area (Å²) in [5.41, 5.74) is 0.658. The molecule has 2 aliphatic rings. The van der Waals surface area contributed by atoms with Crippen LogP contribution in [0.25, 0.3) is 0 Å². The first-order chi connectivity index (χ1) is 11.6. The maximum absolute atomic E-state index is 12.5. The first-order valence-corrected chi connectivity index (χ1v) is 8.68. The fraction of sp³-hybridized carbons (Fsp3) is 0.667. The van der Waals surface area contributed by atoms with Crippen LogP contribution in [-0.4, -0.2) is 61.5 Å². The molecule has 0 spiro atoms. The van der Waals surface area contributed by atoms with Crippen molar-refractivity contribution in [2.24, 2.45) is 11.8 Å².